The summed E-state index contributed by atoms with van der Waals surface area (Å²) in [6.45, 7) is 5.64. The molecule has 3 heteroatoms. The van der Waals surface area contributed by atoms with Crippen LogP contribution in [0.2, 0.25) is 0 Å². The van der Waals surface area contributed by atoms with E-state index >= 15 is 0 Å². The molecule has 0 aliphatic carbocycles. The van der Waals surface area contributed by atoms with Gasteiger partial charge in [0.25, 0.3) is 0 Å². The average molecular weight is 244 g/mol. The normalized spacial score (nSPS) is 16.1. The molecular formula is C15H20N2O. The SMILES string of the molecule is CCC(C)N1C=CN(CC(=O)c2ccccc2)C1. The van der Waals surface area contributed by atoms with Gasteiger partial charge in [-0.25, -0.2) is 0 Å². The number of benzene rings is 1. The number of ketones is 1. The van der Waals surface area contributed by atoms with Crippen LogP contribution in [-0.4, -0.2) is 34.8 Å². The second-order valence-electron chi connectivity index (χ2n) is 4.75. The summed E-state index contributed by atoms with van der Waals surface area (Å²) in [6, 6.07) is 10.00. The molecule has 0 bridgehead atoms. The maximum atomic E-state index is 12.1. The molecule has 1 aromatic carbocycles. The van der Waals surface area contributed by atoms with Crippen LogP contribution in [0.3, 0.4) is 0 Å². The van der Waals surface area contributed by atoms with Crippen molar-refractivity contribution in [3.05, 3.63) is 48.3 Å². The molecule has 0 saturated carbocycles. The van der Waals surface area contributed by atoms with Gasteiger partial charge in [-0.2, -0.15) is 0 Å². The number of hydrogen-bond acceptors (Lipinski definition) is 3. The largest absolute Gasteiger partial charge is 0.356 e. The molecule has 0 radical (unpaired) electrons. The van der Waals surface area contributed by atoms with E-state index in [2.05, 4.69) is 29.8 Å². The van der Waals surface area contributed by atoms with Crippen molar-refractivity contribution >= 4 is 5.78 Å². The van der Waals surface area contributed by atoms with Crippen molar-refractivity contribution in [3.63, 3.8) is 0 Å². The van der Waals surface area contributed by atoms with Crippen molar-refractivity contribution in [3.8, 4) is 0 Å². The first-order valence-electron chi connectivity index (χ1n) is 6.47. The molecule has 96 valence electrons. The predicted octanol–water partition coefficient (Wildman–Crippen LogP) is 2.71. The van der Waals surface area contributed by atoms with Crippen LogP contribution in [-0.2, 0) is 0 Å². The highest BCUT2D eigenvalue weighted by atomic mass is 16.1. The van der Waals surface area contributed by atoms with Gasteiger partial charge in [0, 0.05) is 24.0 Å². The van der Waals surface area contributed by atoms with Gasteiger partial charge in [0.1, 0.15) is 0 Å². The monoisotopic (exact) mass is 244 g/mol. The van der Waals surface area contributed by atoms with Gasteiger partial charge in [-0.05, 0) is 13.3 Å². The van der Waals surface area contributed by atoms with Crippen LogP contribution >= 0.6 is 0 Å². The first kappa shape index (κ1) is 12.7. The molecule has 0 amide bonds. The maximum absolute atomic E-state index is 12.1. The summed E-state index contributed by atoms with van der Waals surface area (Å²) in [5.41, 5.74) is 0.785. The van der Waals surface area contributed by atoms with Crippen molar-refractivity contribution in [1.82, 2.24) is 9.80 Å². The Morgan fingerprint density at radius 3 is 2.67 bits per heavy atom. The van der Waals surface area contributed by atoms with Gasteiger partial charge in [0.05, 0.1) is 13.2 Å². The summed E-state index contributed by atoms with van der Waals surface area (Å²) in [7, 11) is 0. The minimum Gasteiger partial charge on any atom is -0.356 e. The van der Waals surface area contributed by atoms with Crippen molar-refractivity contribution < 1.29 is 4.79 Å². The third-order valence-electron chi connectivity index (χ3n) is 3.41. The maximum Gasteiger partial charge on any atom is 0.182 e. The zero-order valence-corrected chi connectivity index (χ0v) is 11.0. The Kier molecular flexibility index (Phi) is 4.03. The highest BCUT2D eigenvalue weighted by Crippen LogP contribution is 2.13. The van der Waals surface area contributed by atoms with E-state index in [9.17, 15) is 4.79 Å². The summed E-state index contributed by atoms with van der Waals surface area (Å²) in [5.74, 6) is 0.172. The molecule has 1 atom stereocenters. The third-order valence-corrected chi connectivity index (χ3v) is 3.41. The highest BCUT2D eigenvalue weighted by molar-refractivity contribution is 5.97. The molecule has 1 unspecified atom stereocenters. The molecule has 0 N–H and O–H groups in total. The van der Waals surface area contributed by atoms with Crippen LogP contribution in [0.5, 0.6) is 0 Å². The summed E-state index contributed by atoms with van der Waals surface area (Å²) in [5, 5.41) is 0. The molecule has 0 fully saturated rings. The van der Waals surface area contributed by atoms with Crippen LogP contribution < -0.4 is 0 Å². The fraction of sp³-hybridized carbons (Fsp3) is 0.400. The molecule has 18 heavy (non-hydrogen) atoms. The van der Waals surface area contributed by atoms with Gasteiger partial charge in [-0.15, -0.1) is 0 Å². The Morgan fingerprint density at radius 1 is 1.28 bits per heavy atom. The van der Waals surface area contributed by atoms with Gasteiger partial charge in [0.2, 0.25) is 0 Å². The molecular weight excluding hydrogens is 224 g/mol. The fourth-order valence-electron chi connectivity index (χ4n) is 2.01. The van der Waals surface area contributed by atoms with Gasteiger partial charge in [-0.1, -0.05) is 37.3 Å². The predicted molar refractivity (Wildman–Crippen MR) is 73.1 cm³/mol. The van der Waals surface area contributed by atoms with E-state index in [0.717, 1.165) is 18.7 Å². The van der Waals surface area contributed by atoms with Gasteiger partial charge in [0.15, 0.2) is 5.78 Å². The van der Waals surface area contributed by atoms with Gasteiger partial charge in [-0.3, -0.25) is 4.79 Å². The lowest BCUT2D eigenvalue weighted by Gasteiger charge is -2.25. The number of carbonyl (C=O) groups excluding carboxylic acids is 1. The van der Waals surface area contributed by atoms with Gasteiger partial charge >= 0.3 is 0 Å². The average Bonchev–Trinajstić information content (AvgIpc) is 2.87. The van der Waals surface area contributed by atoms with Gasteiger partial charge < -0.3 is 9.80 Å². The molecule has 1 aromatic rings. The van der Waals surface area contributed by atoms with Crippen LogP contribution in [0.1, 0.15) is 30.6 Å². The smallest absolute Gasteiger partial charge is 0.182 e. The second kappa shape index (κ2) is 5.71. The van der Waals surface area contributed by atoms with E-state index in [1.165, 1.54) is 0 Å². The van der Waals surface area contributed by atoms with Crippen LogP contribution in [0.4, 0.5) is 0 Å². The zero-order chi connectivity index (χ0) is 13.0. The van der Waals surface area contributed by atoms with E-state index in [4.69, 9.17) is 0 Å². The number of carbonyl (C=O) groups is 1. The van der Waals surface area contributed by atoms with Crippen LogP contribution in [0.25, 0.3) is 0 Å². The first-order valence-corrected chi connectivity index (χ1v) is 6.47. The van der Waals surface area contributed by atoms with E-state index < -0.39 is 0 Å². The molecule has 1 aliphatic rings. The molecule has 0 saturated heterocycles. The minimum atomic E-state index is 0.172. The zero-order valence-electron chi connectivity index (χ0n) is 11.0. The molecule has 2 rings (SSSR count). The highest BCUT2D eigenvalue weighted by Gasteiger charge is 2.18. The number of Topliss-reactive ketones (excluding diaryl/α,β-unsaturated/α-hetero) is 1. The van der Waals surface area contributed by atoms with Crippen LogP contribution in [0.15, 0.2) is 42.7 Å². The topological polar surface area (TPSA) is 23.6 Å². The fourth-order valence-corrected chi connectivity index (χ4v) is 2.01. The molecule has 1 aliphatic heterocycles. The van der Waals surface area contributed by atoms with E-state index in [1.807, 2.05) is 36.5 Å². The van der Waals surface area contributed by atoms with Crippen molar-refractivity contribution in [2.45, 2.75) is 26.3 Å². The molecule has 3 nitrogen and oxygen atoms in total. The molecule has 1 heterocycles. The Labute approximate surface area is 109 Å². The Balaban J connectivity index is 1.89. The Morgan fingerprint density at radius 2 is 2.00 bits per heavy atom. The molecule has 0 spiro atoms. The standard InChI is InChI=1S/C15H20N2O/c1-3-13(2)17-10-9-16(12-17)11-15(18)14-7-5-4-6-8-14/h4-10,13H,3,11-12H2,1-2H3. The summed E-state index contributed by atoms with van der Waals surface area (Å²) in [6.07, 6.45) is 5.20. The second-order valence-corrected chi connectivity index (χ2v) is 4.75. The number of hydrogen-bond donors (Lipinski definition) is 0. The van der Waals surface area contributed by atoms with E-state index in [-0.39, 0.29) is 5.78 Å². The first-order chi connectivity index (χ1) is 8.70. The van der Waals surface area contributed by atoms with Crippen LogP contribution in [0, 0.1) is 0 Å². The van der Waals surface area contributed by atoms with E-state index in [1.54, 1.807) is 0 Å². The summed E-state index contributed by atoms with van der Waals surface area (Å²) < 4.78 is 0. The van der Waals surface area contributed by atoms with Crippen molar-refractivity contribution in [2.75, 3.05) is 13.2 Å². The lowest BCUT2D eigenvalue weighted by Crippen LogP contribution is -2.34. The summed E-state index contributed by atoms with van der Waals surface area (Å²) in [4.78, 5) is 16.4. The Bertz CT molecular complexity index is 427. The molecule has 0 aromatic heterocycles. The minimum absolute atomic E-state index is 0.172. The lowest BCUT2D eigenvalue weighted by atomic mass is 10.1. The van der Waals surface area contributed by atoms with Crippen molar-refractivity contribution in [2.24, 2.45) is 0 Å². The quantitative estimate of drug-likeness (QED) is 0.744. The van der Waals surface area contributed by atoms with E-state index in [0.29, 0.717) is 12.6 Å². The number of nitrogens with zero attached hydrogens (tertiary/aromatic N) is 2. The third kappa shape index (κ3) is 2.92. The Hall–Kier alpha value is -1.77. The lowest BCUT2D eigenvalue weighted by molar-refractivity contribution is 0.0938. The number of rotatable bonds is 5. The summed E-state index contributed by atoms with van der Waals surface area (Å²) >= 11 is 0. The van der Waals surface area contributed by atoms with Crippen molar-refractivity contribution in [1.29, 1.82) is 0 Å².